The van der Waals surface area contributed by atoms with Crippen molar-refractivity contribution in [1.82, 2.24) is 10.6 Å². The summed E-state index contributed by atoms with van der Waals surface area (Å²) in [6.45, 7) is -1.01. The van der Waals surface area contributed by atoms with Gasteiger partial charge in [0.15, 0.2) is 11.8 Å². The van der Waals surface area contributed by atoms with Gasteiger partial charge in [0.2, 0.25) is 5.91 Å². The van der Waals surface area contributed by atoms with E-state index in [9.17, 15) is 40.2 Å². The Bertz CT molecular complexity index is 885. The van der Waals surface area contributed by atoms with E-state index in [1.807, 2.05) is 0 Å². The number of carbonyl (C=O) groups excluding carboxylic acids is 2. The van der Waals surface area contributed by atoms with E-state index < -0.39 is 85.6 Å². The van der Waals surface area contributed by atoms with Gasteiger partial charge < -0.3 is 55.5 Å². The molecule has 0 saturated carbocycles. The van der Waals surface area contributed by atoms with Crippen molar-refractivity contribution in [3.8, 4) is 0 Å². The van der Waals surface area contributed by atoms with Crippen molar-refractivity contribution in [3.05, 3.63) is 35.9 Å². The molecule has 1 aromatic carbocycles. The molecule has 2 heterocycles. The minimum absolute atomic E-state index is 0.173. The lowest BCUT2D eigenvalue weighted by atomic mass is 9.62. The molecule has 9 atom stereocenters. The summed E-state index contributed by atoms with van der Waals surface area (Å²) in [6.07, 6.45) is -10.3. The Labute approximate surface area is 201 Å². The number of carbonyl (C=O) groups is 2. The van der Waals surface area contributed by atoms with E-state index in [0.29, 0.717) is 0 Å². The van der Waals surface area contributed by atoms with Crippen LogP contribution >= 0.6 is 0 Å². The Morgan fingerprint density at radius 1 is 1.14 bits per heavy atom. The SMILES string of the molecule is CO[C@H]1O[C@H](CO)[C@@H](O)[C@H](O)[C@]1(NC(C)=O)[C@@]1(O)[C@@H](CO)OC[C@H](O)[C@@H]1NC(=O)c1ccccc1. The topological polar surface area (TPSA) is 207 Å². The maximum Gasteiger partial charge on any atom is 0.251 e. The second-order valence-electron chi connectivity index (χ2n) is 8.62. The number of hydrogen-bond donors (Lipinski definition) is 8. The maximum atomic E-state index is 13.0. The first-order chi connectivity index (χ1) is 16.6. The number of ether oxygens (including phenoxy) is 3. The number of aliphatic hydroxyl groups excluding tert-OH is 5. The molecule has 13 nitrogen and oxygen atoms in total. The third-order valence-corrected chi connectivity index (χ3v) is 6.59. The van der Waals surface area contributed by atoms with Crippen molar-refractivity contribution in [2.24, 2.45) is 0 Å². The lowest BCUT2D eigenvalue weighted by Gasteiger charge is -2.62. The molecule has 0 aliphatic carbocycles. The zero-order chi connectivity index (χ0) is 26.0. The van der Waals surface area contributed by atoms with Gasteiger partial charge in [-0.1, -0.05) is 18.2 Å². The molecule has 0 spiro atoms. The minimum atomic E-state index is -2.73. The smallest absolute Gasteiger partial charge is 0.251 e. The van der Waals surface area contributed by atoms with E-state index in [2.05, 4.69) is 10.6 Å². The minimum Gasteiger partial charge on any atom is -0.394 e. The summed E-state index contributed by atoms with van der Waals surface area (Å²) in [5.41, 5.74) is -5.06. The highest BCUT2D eigenvalue weighted by molar-refractivity contribution is 5.94. The summed E-state index contributed by atoms with van der Waals surface area (Å²) in [7, 11) is 1.12. The Hall–Kier alpha value is -2.20. The molecule has 2 aliphatic rings. The molecule has 35 heavy (non-hydrogen) atoms. The summed E-state index contributed by atoms with van der Waals surface area (Å²) in [4.78, 5) is 25.4. The van der Waals surface area contributed by atoms with Crippen LogP contribution in [0.2, 0.25) is 0 Å². The van der Waals surface area contributed by atoms with Gasteiger partial charge in [0.05, 0.1) is 25.9 Å². The van der Waals surface area contributed by atoms with E-state index in [-0.39, 0.29) is 5.56 Å². The number of rotatable bonds is 7. The molecule has 1 aromatic rings. The van der Waals surface area contributed by atoms with Crippen molar-refractivity contribution in [2.45, 2.75) is 60.9 Å². The van der Waals surface area contributed by atoms with Crippen molar-refractivity contribution in [3.63, 3.8) is 0 Å². The molecule has 2 aliphatic heterocycles. The van der Waals surface area contributed by atoms with Crippen LogP contribution in [0.25, 0.3) is 0 Å². The van der Waals surface area contributed by atoms with E-state index in [4.69, 9.17) is 14.2 Å². The highest BCUT2D eigenvalue weighted by Crippen LogP contribution is 2.45. The fourth-order valence-electron chi connectivity index (χ4n) is 4.97. The van der Waals surface area contributed by atoms with E-state index >= 15 is 0 Å². The highest BCUT2D eigenvalue weighted by atomic mass is 16.7. The van der Waals surface area contributed by atoms with E-state index in [1.54, 1.807) is 18.2 Å². The summed E-state index contributed by atoms with van der Waals surface area (Å²) < 4.78 is 16.4. The Balaban J connectivity index is 2.21. The van der Waals surface area contributed by atoms with Gasteiger partial charge in [-0.3, -0.25) is 9.59 Å². The molecule has 8 N–H and O–H groups in total. The van der Waals surface area contributed by atoms with Crippen molar-refractivity contribution < 1.29 is 54.4 Å². The molecule has 196 valence electrons. The molecule has 0 bridgehead atoms. The number of aliphatic hydroxyl groups is 6. The summed E-state index contributed by atoms with van der Waals surface area (Å²) in [5, 5.41) is 69.7. The number of amides is 2. The standard InChI is InChI=1S/C22H32N2O11/c1-11(27)24-21(18(30)16(29)14(8-25)35-20(21)33-2)22(32)15(9-26)34-10-13(28)17(22)23-19(31)12-6-4-3-5-7-12/h3-7,13-18,20,25-26,28-30,32H,8-10H2,1-2H3,(H,23,31)(H,24,27)/t13-,14+,15+,16+,17-,18-,20-,21+,22+/m0/s1. The van der Waals surface area contributed by atoms with Crippen LogP contribution in [0.1, 0.15) is 17.3 Å². The first kappa shape index (κ1) is 27.4. The molecule has 2 saturated heterocycles. The lowest BCUT2D eigenvalue weighted by Crippen LogP contribution is -2.90. The van der Waals surface area contributed by atoms with Crippen LogP contribution in [0, 0.1) is 0 Å². The average molecular weight is 501 g/mol. The van der Waals surface area contributed by atoms with Crippen molar-refractivity contribution >= 4 is 11.8 Å². The fraction of sp³-hybridized carbons (Fsp3) is 0.636. The number of benzene rings is 1. The van der Waals surface area contributed by atoms with Crippen molar-refractivity contribution in [2.75, 3.05) is 26.9 Å². The molecule has 0 unspecified atom stereocenters. The average Bonchev–Trinajstić information content (AvgIpc) is 2.85. The van der Waals surface area contributed by atoms with Gasteiger partial charge in [-0.15, -0.1) is 0 Å². The van der Waals surface area contributed by atoms with Gasteiger partial charge in [-0.25, -0.2) is 0 Å². The first-order valence-electron chi connectivity index (χ1n) is 11.0. The number of nitrogens with one attached hydrogen (secondary N) is 2. The van der Waals surface area contributed by atoms with Crippen LogP contribution in [-0.2, 0) is 19.0 Å². The molecule has 2 amide bonds. The molecule has 0 aromatic heterocycles. The maximum absolute atomic E-state index is 13.0. The van der Waals surface area contributed by atoms with E-state index in [1.165, 1.54) is 12.1 Å². The van der Waals surface area contributed by atoms with Gasteiger partial charge in [-0.05, 0) is 12.1 Å². The molecule has 13 heteroatoms. The third-order valence-electron chi connectivity index (χ3n) is 6.59. The van der Waals surface area contributed by atoms with Crippen LogP contribution in [-0.4, -0.2) is 123 Å². The van der Waals surface area contributed by atoms with Gasteiger partial charge in [0, 0.05) is 19.6 Å². The summed E-state index contributed by atoms with van der Waals surface area (Å²) in [6, 6.07) is 6.17. The Morgan fingerprint density at radius 3 is 2.34 bits per heavy atom. The van der Waals surface area contributed by atoms with Gasteiger partial charge in [0.1, 0.15) is 36.1 Å². The Kier molecular flexibility index (Phi) is 8.47. The second kappa shape index (κ2) is 10.8. The van der Waals surface area contributed by atoms with E-state index in [0.717, 1.165) is 14.0 Å². The molecular formula is C22H32N2O11. The van der Waals surface area contributed by atoms with Crippen LogP contribution < -0.4 is 10.6 Å². The fourth-order valence-corrected chi connectivity index (χ4v) is 4.97. The predicted octanol–water partition coefficient (Wildman–Crippen LogP) is -3.77. The largest absolute Gasteiger partial charge is 0.394 e. The van der Waals surface area contributed by atoms with Crippen LogP contribution in [0.3, 0.4) is 0 Å². The highest BCUT2D eigenvalue weighted by Gasteiger charge is 2.73. The quantitative estimate of drug-likeness (QED) is 0.182. The van der Waals surface area contributed by atoms with Crippen LogP contribution in [0.15, 0.2) is 30.3 Å². The monoisotopic (exact) mass is 500 g/mol. The zero-order valence-corrected chi connectivity index (χ0v) is 19.3. The third kappa shape index (κ3) is 4.55. The second-order valence-corrected chi connectivity index (χ2v) is 8.62. The molecule has 0 radical (unpaired) electrons. The summed E-state index contributed by atoms with van der Waals surface area (Å²) in [5.74, 6) is -1.54. The number of methoxy groups -OCH3 is 1. The molecular weight excluding hydrogens is 468 g/mol. The first-order valence-corrected chi connectivity index (χ1v) is 11.0. The van der Waals surface area contributed by atoms with Crippen LogP contribution in [0.4, 0.5) is 0 Å². The van der Waals surface area contributed by atoms with Gasteiger partial charge >= 0.3 is 0 Å². The van der Waals surface area contributed by atoms with Gasteiger partial charge in [0.25, 0.3) is 5.91 Å². The molecule has 3 rings (SSSR count). The number of hydrogen-bond acceptors (Lipinski definition) is 11. The van der Waals surface area contributed by atoms with Gasteiger partial charge in [-0.2, -0.15) is 0 Å². The van der Waals surface area contributed by atoms with Crippen molar-refractivity contribution in [1.29, 1.82) is 0 Å². The van der Waals surface area contributed by atoms with Crippen LogP contribution in [0.5, 0.6) is 0 Å². The Morgan fingerprint density at radius 2 is 1.80 bits per heavy atom. The zero-order valence-electron chi connectivity index (χ0n) is 19.3. The normalized spacial score (nSPS) is 39.6. The predicted molar refractivity (Wildman–Crippen MR) is 117 cm³/mol. The molecule has 2 fully saturated rings. The summed E-state index contributed by atoms with van der Waals surface area (Å²) >= 11 is 0. The lowest BCUT2D eigenvalue weighted by molar-refractivity contribution is -0.352.